The summed E-state index contributed by atoms with van der Waals surface area (Å²) in [6, 6.07) is 0. The van der Waals surface area contributed by atoms with E-state index in [-0.39, 0.29) is 0 Å². The fourth-order valence-corrected chi connectivity index (χ4v) is 1.69. The molecule has 0 aromatic heterocycles. The third-order valence-electron chi connectivity index (χ3n) is 0.558. The summed E-state index contributed by atoms with van der Waals surface area (Å²) in [7, 11) is 0. The van der Waals surface area contributed by atoms with E-state index in [4.69, 9.17) is 0 Å². The second-order valence-electron chi connectivity index (χ2n) is 0.996. The molecule has 0 atom stereocenters. The summed E-state index contributed by atoms with van der Waals surface area (Å²) in [5.41, 5.74) is 0. The van der Waals surface area contributed by atoms with Gasteiger partial charge in [-0.05, 0) is 0 Å². The molecule has 0 radical (unpaired) electrons. The van der Waals surface area contributed by atoms with Crippen LogP contribution < -0.4 is 0 Å². The van der Waals surface area contributed by atoms with Gasteiger partial charge in [0.15, 0.2) is 0 Å². The zero-order valence-corrected chi connectivity index (χ0v) is 6.00. The quantitative estimate of drug-likeness (QED) is 0.500. The van der Waals surface area contributed by atoms with Crippen LogP contribution in [0.2, 0.25) is 0 Å². The number of hydrogen-bond donors (Lipinski definition) is 0. The van der Waals surface area contributed by atoms with Gasteiger partial charge < -0.3 is 0 Å². The average molecular weight is 182 g/mol. The Morgan fingerprint density at radius 3 is 2.83 bits per heavy atom. The van der Waals surface area contributed by atoms with E-state index >= 15 is 0 Å². The minimum atomic E-state index is 1.04. The maximum absolute atomic E-state index is 4.12. The van der Waals surface area contributed by atoms with E-state index < -0.39 is 0 Å². The first kappa shape index (κ1) is 4.86. The molecule has 3 heteroatoms. The molecular weight excluding hydrogens is 178 g/mol. The van der Waals surface area contributed by atoms with Crippen molar-refractivity contribution in [1.29, 1.82) is 0 Å². The van der Waals surface area contributed by atoms with Crippen LogP contribution in [0.25, 0.3) is 0 Å². The van der Waals surface area contributed by atoms with Gasteiger partial charge in [0, 0.05) is 0 Å². The maximum atomic E-state index is 4.12. The minimum absolute atomic E-state index is 1.04. The molecular formula is C3H4MoNS. The third-order valence-corrected chi connectivity index (χ3v) is 2.51. The van der Waals surface area contributed by atoms with Crippen molar-refractivity contribution in [2.45, 2.75) is 0 Å². The van der Waals surface area contributed by atoms with Crippen LogP contribution in [-0.2, 0) is 19.8 Å². The van der Waals surface area contributed by atoms with Crippen molar-refractivity contribution in [1.82, 2.24) is 0 Å². The Morgan fingerprint density at radius 1 is 1.83 bits per heavy atom. The first-order valence-electron chi connectivity index (χ1n) is 1.74. The molecule has 33 valence electrons. The Hall–Kier alpha value is 0.708. The summed E-state index contributed by atoms with van der Waals surface area (Å²) in [6.07, 6.45) is 0. The summed E-state index contributed by atoms with van der Waals surface area (Å²) in [5, 5.41) is 0. The van der Waals surface area contributed by atoms with Gasteiger partial charge in [0.1, 0.15) is 0 Å². The van der Waals surface area contributed by atoms with E-state index in [0.29, 0.717) is 0 Å². The van der Waals surface area contributed by atoms with Crippen LogP contribution in [0.15, 0.2) is 4.99 Å². The second kappa shape index (κ2) is 2.13. The summed E-state index contributed by atoms with van der Waals surface area (Å²) >= 11 is 3.84. The Balaban J connectivity index is 2.45. The van der Waals surface area contributed by atoms with Crippen molar-refractivity contribution >= 4 is 15.2 Å². The Morgan fingerprint density at radius 2 is 2.67 bits per heavy atom. The van der Waals surface area contributed by atoms with Crippen LogP contribution in [0, 0.1) is 0 Å². The molecule has 6 heavy (non-hydrogen) atoms. The Labute approximate surface area is 52.5 Å². The number of aliphatic imine (C=N–C) groups is 1. The molecule has 0 aromatic rings. The van der Waals surface area contributed by atoms with Crippen molar-refractivity contribution in [3.8, 4) is 0 Å². The van der Waals surface area contributed by atoms with E-state index in [1.807, 2.05) is 31.6 Å². The summed E-state index contributed by atoms with van der Waals surface area (Å²) in [4.78, 5) is 4.12. The zero-order valence-electron chi connectivity index (χ0n) is 3.18. The van der Waals surface area contributed by atoms with Gasteiger partial charge in [0.2, 0.25) is 0 Å². The van der Waals surface area contributed by atoms with Crippen LogP contribution in [0.4, 0.5) is 0 Å². The average Bonchev–Trinajstić information content (AvgIpc) is 1.86. The van der Waals surface area contributed by atoms with Gasteiger partial charge >= 0.3 is 52.3 Å². The zero-order chi connectivity index (χ0) is 4.41. The molecule has 0 amide bonds. The van der Waals surface area contributed by atoms with Gasteiger partial charge in [-0.25, -0.2) is 0 Å². The second-order valence-corrected chi connectivity index (χ2v) is 3.72. The number of thioether (sulfide) groups is 1. The molecule has 1 aliphatic rings. The van der Waals surface area contributed by atoms with Gasteiger partial charge in [-0.1, -0.05) is 0 Å². The third kappa shape index (κ3) is 1.09. The number of hydrogen-bond acceptors (Lipinski definition) is 2. The van der Waals surface area contributed by atoms with Gasteiger partial charge in [0.25, 0.3) is 0 Å². The van der Waals surface area contributed by atoms with Crippen molar-refractivity contribution in [2.24, 2.45) is 4.99 Å². The predicted molar refractivity (Wildman–Crippen MR) is 24.8 cm³/mol. The van der Waals surface area contributed by atoms with E-state index in [2.05, 4.69) is 4.99 Å². The van der Waals surface area contributed by atoms with Gasteiger partial charge in [0.05, 0.1) is 0 Å². The van der Waals surface area contributed by atoms with Gasteiger partial charge in [-0.2, -0.15) is 0 Å². The molecule has 0 aliphatic carbocycles. The topological polar surface area (TPSA) is 12.4 Å². The molecule has 0 aromatic carbocycles. The van der Waals surface area contributed by atoms with Gasteiger partial charge in [-0.3, -0.25) is 0 Å². The van der Waals surface area contributed by atoms with E-state index in [0.717, 1.165) is 6.54 Å². The van der Waals surface area contributed by atoms with E-state index in [1.165, 1.54) is 9.19 Å². The normalized spacial score (nSPS) is 21.0. The fraction of sp³-hybridized carbons (Fsp3) is 0.667. The van der Waals surface area contributed by atoms with Gasteiger partial charge in [-0.15, -0.1) is 0 Å². The molecule has 1 rings (SSSR count). The molecule has 1 aliphatic heterocycles. The molecule has 1 heterocycles. The molecule has 0 saturated heterocycles. The van der Waals surface area contributed by atoms with Crippen molar-refractivity contribution in [2.75, 3.05) is 12.3 Å². The molecule has 0 saturated carbocycles. The van der Waals surface area contributed by atoms with Crippen molar-refractivity contribution in [3.05, 3.63) is 0 Å². The fourth-order valence-electron chi connectivity index (χ4n) is 0.316. The van der Waals surface area contributed by atoms with Crippen LogP contribution >= 0.6 is 11.8 Å². The summed E-state index contributed by atoms with van der Waals surface area (Å²) in [5.74, 6) is 1.20. The standard InChI is InChI=1S/C3H4NS.Mo/c1-2-5-3-4-1;/h1-2H2;. The Bertz CT molecular complexity index is 80.9. The number of rotatable bonds is 0. The Kier molecular flexibility index (Phi) is 1.72. The van der Waals surface area contributed by atoms with Crippen molar-refractivity contribution < 1.29 is 19.8 Å². The molecule has 0 bridgehead atoms. The van der Waals surface area contributed by atoms with Crippen LogP contribution in [-0.4, -0.2) is 15.7 Å². The molecule has 0 fully saturated rings. The SMILES string of the molecule is [Mo][C]1=NCCS1. The van der Waals surface area contributed by atoms with Crippen molar-refractivity contribution in [3.63, 3.8) is 0 Å². The predicted octanol–water partition coefficient (Wildman–Crippen LogP) is 0.636. The first-order chi connectivity index (χ1) is 2.89. The van der Waals surface area contributed by atoms with Crippen LogP contribution in [0.1, 0.15) is 0 Å². The monoisotopic (exact) mass is 184 g/mol. The van der Waals surface area contributed by atoms with E-state index in [9.17, 15) is 0 Å². The van der Waals surface area contributed by atoms with Crippen LogP contribution in [0.5, 0.6) is 0 Å². The van der Waals surface area contributed by atoms with Crippen LogP contribution in [0.3, 0.4) is 0 Å². The number of nitrogens with zero attached hydrogens (tertiary/aromatic N) is 1. The molecule has 0 N–H and O–H groups in total. The molecule has 1 nitrogen and oxygen atoms in total. The molecule has 0 spiro atoms. The summed E-state index contributed by atoms with van der Waals surface area (Å²) in [6.45, 7) is 1.04. The first-order valence-corrected chi connectivity index (χ1v) is 3.73. The summed E-state index contributed by atoms with van der Waals surface area (Å²) < 4.78 is 1.26. The molecule has 0 unspecified atom stereocenters. The van der Waals surface area contributed by atoms with E-state index in [1.54, 1.807) is 0 Å².